The highest BCUT2D eigenvalue weighted by atomic mass is 35.5. The molecular weight excluding hydrogens is 402 g/mol. The van der Waals surface area contributed by atoms with Gasteiger partial charge < -0.3 is 9.64 Å². The highest BCUT2D eigenvalue weighted by molar-refractivity contribution is 6.33. The Labute approximate surface area is 180 Å². The number of halogens is 1. The molecule has 0 radical (unpaired) electrons. The molecule has 2 aliphatic heterocycles. The summed E-state index contributed by atoms with van der Waals surface area (Å²) in [6, 6.07) is 11.3. The second kappa shape index (κ2) is 8.86. The van der Waals surface area contributed by atoms with Crippen molar-refractivity contribution in [2.24, 2.45) is 0 Å². The SMILES string of the molecule is [C-]#[N+]c1ccc(CCN2CCN(CCc3ccc4c(c3)COC4=O)CC2=O)cc1Cl. The third-order valence-electron chi connectivity index (χ3n) is 5.67. The van der Waals surface area contributed by atoms with Gasteiger partial charge in [0.2, 0.25) is 11.6 Å². The zero-order valence-electron chi connectivity index (χ0n) is 16.6. The van der Waals surface area contributed by atoms with E-state index in [0.717, 1.165) is 42.6 Å². The van der Waals surface area contributed by atoms with Gasteiger partial charge in [-0.1, -0.05) is 41.9 Å². The predicted octanol–water partition coefficient (Wildman–Crippen LogP) is 3.49. The van der Waals surface area contributed by atoms with Crippen molar-refractivity contribution < 1.29 is 14.3 Å². The van der Waals surface area contributed by atoms with Gasteiger partial charge in [-0.25, -0.2) is 9.64 Å². The van der Waals surface area contributed by atoms with Crippen molar-refractivity contribution in [1.29, 1.82) is 0 Å². The number of rotatable bonds is 6. The number of ether oxygens (including phenoxy) is 1. The summed E-state index contributed by atoms with van der Waals surface area (Å²) in [5.74, 6) is -0.110. The van der Waals surface area contributed by atoms with Gasteiger partial charge in [0.1, 0.15) is 6.61 Å². The van der Waals surface area contributed by atoms with E-state index in [1.54, 1.807) is 6.07 Å². The van der Waals surface area contributed by atoms with Crippen LogP contribution in [-0.2, 0) is 29.0 Å². The third-order valence-corrected chi connectivity index (χ3v) is 5.97. The number of esters is 1. The highest BCUT2D eigenvalue weighted by Gasteiger charge is 2.24. The molecule has 7 heteroatoms. The largest absolute Gasteiger partial charge is 0.457 e. The van der Waals surface area contributed by atoms with Crippen molar-refractivity contribution in [3.63, 3.8) is 0 Å². The summed E-state index contributed by atoms with van der Waals surface area (Å²) < 4.78 is 5.05. The van der Waals surface area contributed by atoms with Crippen LogP contribution in [0.25, 0.3) is 4.85 Å². The lowest BCUT2D eigenvalue weighted by atomic mass is 10.0. The van der Waals surface area contributed by atoms with Crippen LogP contribution in [0.5, 0.6) is 0 Å². The molecule has 0 N–H and O–H groups in total. The van der Waals surface area contributed by atoms with Crippen LogP contribution < -0.4 is 0 Å². The van der Waals surface area contributed by atoms with Crippen molar-refractivity contribution in [1.82, 2.24) is 9.80 Å². The first kappa shape index (κ1) is 20.4. The minimum Gasteiger partial charge on any atom is -0.457 e. The van der Waals surface area contributed by atoms with E-state index in [1.807, 2.05) is 35.2 Å². The Balaban J connectivity index is 1.25. The van der Waals surface area contributed by atoms with Crippen molar-refractivity contribution >= 4 is 29.2 Å². The number of benzene rings is 2. The van der Waals surface area contributed by atoms with E-state index in [4.69, 9.17) is 22.9 Å². The minimum absolute atomic E-state index is 0.137. The van der Waals surface area contributed by atoms with Crippen LogP contribution in [0.1, 0.15) is 27.0 Å². The Hall–Kier alpha value is -2.88. The molecule has 1 fully saturated rings. The molecule has 4 rings (SSSR count). The monoisotopic (exact) mass is 423 g/mol. The number of carbonyl (C=O) groups is 2. The number of carbonyl (C=O) groups excluding carboxylic acids is 2. The van der Waals surface area contributed by atoms with Crippen molar-refractivity contribution in [3.05, 3.63) is 75.1 Å². The van der Waals surface area contributed by atoms with E-state index in [2.05, 4.69) is 9.74 Å². The standard InChI is InChI=1S/C23H22ClN3O3/c1-25-21-5-3-17(13-20(21)24)7-9-27-11-10-26(14-22(27)28)8-6-16-2-4-19-18(12-16)15-30-23(19)29/h2-5,12-13H,6-11,14-15H2. The zero-order valence-corrected chi connectivity index (χ0v) is 17.3. The Kier molecular flexibility index (Phi) is 6.03. The molecule has 1 saturated heterocycles. The highest BCUT2D eigenvalue weighted by Crippen LogP contribution is 2.26. The maximum atomic E-state index is 12.6. The van der Waals surface area contributed by atoms with Crippen LogP contribution in [0.15, 0.2) is 36.4 Å². The summed E-state index contributed by atoms with van der Waals surface area (Å²) in [5, 5.41) is 0.459. The minimum atomic E-state index is -0.247. The molecule has 2 aromatic rings. The van der Waals surface area contributed by atoms with Crippen molar-refractivity contribution in [3.8, 4) is 0 Å². The lowest BCUT2D eigenvalue weighted by molar-refractivity contribution is -0.135. The quantitative estimate of drug-likeness (QED) is 0.527. The van der Waals surface area contributed by atoms with Crippen LogP contribution in [0.2, 0.25) is 5.02 Å². The fourth-order valence-corrected chi connectivity index (χ4v) is 4.12. The van der Waals surface area contributed by atoms with Crippen LogP contribution in [0, 0.1) is 6.57 Å². The van der Waals surface area contributed by atoms with Gasteiger partial charge in [-0.05, 0) is 30.0 Å². The van der Waals surface area contributed by atoms with Gasteiger partial charge in [0.05, 0.1) is 18.7 Å². The summed E-state index contributed by atoms with van der Waals surface area (Å²) in [5.41, 5.74) is 4.24. The summed E-state index contributed by atoms with van der Waals surface area (Å²) in [6.07, 6.45) is 1.56. The molecule has 6 nitrogen and oxygen atoms in total. The van der Waals surface area contributed by atoms with Gasteiger partial charge in [0, 0.05) is 36.8 Å². The maximum absolute atomic E-state index is 12.6. The van der Waals surface area contributed by atoms with Gasteiger partial charge in [-0.2, -0.15) is 0 Å². The number of nitrogens with zero attached hydrogens (tertiary/aromatic N) is 3. The van der Waals surface area contributed by atoms with Crippen LogP contribution in [0.4, 0.5) is 5.69 Å². The van der Waals surface area contributed by atoms with E-state index in [9.17, 15) is 9.59 Å². The van der Waals surface area contributed by atoms with Crippen molar-refractivity contribution in [2.45, 2.75) is 19.4 Å². The fourth-order valence-electron chi connectivity index (χ4n) is 3.87. The topological polar surface area (TPSA) is 54.2 Å². The smallest absolute Gasteiger partial charge is 0.338 e. The summed E-state index contributed by atoms with van der Waals surface area (Å²) >= 11 is 6.10. The van der Waals surface area contributed by atoms with Gasteiger partial charge in [-0.3, -0.25) is 9.69 Å². The Morgan fingerprint density at radius 2 is 1.80 bits per heavy atom. The number of hydrogen-bond donors (Lipinski definition) is 0. The molecule has 154 valence electrons. The van der Waals surface area contributed by atoms with E-state index >= 15 is 0 Å². The normalized spacial score (nSPS) is 16.3. The average molecular weight is 424 g/mol. The molecule has 0 saturated carbocycles. The molecule has 0 aliphatic carbocycles. The molecule has 0 unspecified atom stereocenters. The molecule has 2 aliphatic rings. The molecule has 0 bridgehead atoms. The number of amides is 1. The summed E-state index contributed by atoms with van der Waals surface area (Å²) in [6.45, 7) is 10.8. The van der Waals surface area contributed by atoms with Crippen LogP contribution in [0.3, 0.4) is 0 Å². The molecule has 2 aromatic carbocycles. The number of piperazine rings is 1. The summed E-state index contributed by atoms with van der Waals surface area (Å²) in [7, 11) is 0. The maximum Gasteiger partial charge on any atom is 0.338 e. The van der Waals surface area contributed by atoms with Gasteiger partial charge >= 0.3 is 5.97 Å². The first-order valence-electron chi connectivity index (χ1n) is 9.98. The first-order chi connectivity index (χ1) is 14.5. The number of fused-ring (bicyclic) bond motifs is 1. The van der Waals surface area contributed by atoms with Crippen LogP contribution in [-0.4, -0.2) is 54.4 Å². The first-order valence-corrected chi connectivity index (χ1v) is 10.4. The molecule has 0 aromatic heterocycles. The Bertz CT molecular complexity index is 1030. The molecule has 0 atom stereocenters. The van der Waals surface area contributed by atoms with Crippen molar-refractivity contribution in [2.75, 3.05) is 32.7 Å². The Morgan fingerprint density at radius 3 is 2.57 bits per heavy atom. The lowest BCUT2D eigenvalue weighted by Gasteiger charge is -2.34. The fraction of sp³-hybridized carbons (Fsp3) is 0.348. The molecular formula is C23H22ClN3O3. The van der Waals surface area contributed by atoms with E-state index in [-0.39, 0.29) is 11.9 Å². The third kappa shape index (κ3) is 4.48. The molecule has 1 amide bonds. The Morgan fingerprint density at radius 1 is 1.03 bits per heavy atom. The number of hydrogen-bond acceptors (Lipinski definition) is 4. The molecule has 30 heavy (non-hydrogen) atoms. The predicted molar refractivity (Wildman–Crippen MR) is 114 cm³/mol. The molecule has 2 heterocycles. The average Bonchev–Trinajstić information content (AvgIpc) is 3.12. The zero-order chi connectivity index (χ0) is 21.1. The number of cyclic esters (lactones) is 1. The van der Waals surface area contributed by atoms with E-state index in [0.29, 0.717) is 42.5 Å². The van der Waals surface area contributed by atoms with Gasteiger partial charge in [0.25, 0.3) is 0 Å². The van der Waals surface area contributed by atoms with Gasteiger partial charge in [0.15, 0.2) is 0 Å². The summed E-state index contributed by atoms with van der Waals surface area (Å²) in [4.78, 5) is 31.5. The van der Waals surface area contributed by atoms with E-state index in [1.165, 1.54) is 0 Å². The van der Waals surface area contributed by atoms with Gasteiger partial charge in [-0.15, -0.1) is 0 Å². The second-order valence-corrected chi connectivity index (χ2v) is 8.03. The second-order valence-electron chi connectivity index (χ2n) is 7.62. The lowest BCUT2D eigenvalue weighted by Crippen LogP contribution is -2.51. The van der Waals surface area contributed by atoms with E-state index < -0.39 is 0 Å². The molecule has 0 spiro atoms. The van der Waals surface area contributed by atoms with Crippen LogP contribution >= 0.6 is 11.6 Å².